The molecule has 3 aromatic rings. The maximum atomic E-state index is 13.9. The molecule has 1 saturated heterocycles. The number of carbonyl (C=O) groups excluding carboxylic acids is 1. The summed E-state index contributed by atoms with van der Waals surface area (Å²) >= 11 is 0. The summed E-state index contributed by atoms with van der Waals surface area (Å²) in [6.07, 6.45) is 6.22. The average Bonchev–Trinajstić information content (AvgIpc) is 3.51. The van der Waals surface area contributed by atoms with Crippen LogP contribution in [0.2, 0.25) is 0 Å². The van der Waals surface area contributed by atoms with E-state index in [0.717, 1.165) is 11.4 Å². The van der Waals surface area contributed by atoms with Crippen LogP contribution in [0, 0.1) is 12.7 Å². The molecule has 0 saturated carbocycles. The second kappa shape index (κ2) is 10.4. The summed E-state index contributed by atoms with van der Waals surface area (Å²) in [6.45, 7) is 2.58. The van der Waals surface area contributed by atoms with Crippen LogP contribution in [0.1, 0.15) is 29.7 Å². The van der Waals surface area contributed by atoms with Gasteiger partial charge in [-0.05, 0) is 61.2 Å². The predicted molar refractivity (Wildman–Crippen MR) is 140 cm³/mol. The normalized spacial score (nSPS) is 20.2. The van der Waals surface area contributed by atoms with Crippen LogP contribution in [-0.4, -0.2) is 74.8 Å². The maximum Gasteiger partial charge on any atom is 0.280 e. The molecule has 5 rings (SSSR count). The molecule has 38 heavy (non-hydrogen) atoms. The number of nitrogens with zero attached hydrogens (tertiary/aromatic N) is 5. The smallest absolute Gasteiger partial charge is 0.280 e. The number of halogens is 1. The summed E-state index contributed by atoms with van der Waals surface area (Å²) in [5.74, 6) is 0.262. The Kier molecular flexibility index (Phi) is 7.00. The summed E-state index contributed by atoms with van der Waals surface area (Å²) in [5, 5.41) is 20.0. The maximum absolute atomic E-state index is 13.9. The van der Waals surface area contributed by atoms with E-state index in [1.807, 2.05) is 40.8 Å². The van der Waals surface area contributed by atoms with E-state index in [1.165, 1.54) is 17.0 Å². The number of hydrogen-bond acceptors (Lipinski definition) is 7. The van der Waals surface area contributed by atoms with E-state index in [-0.39, 0.29) is 24.8 Å². The molecule has 1 unspecified atom stereocenters. The molecule has 198 valence electrons. The molecule has 1 amide bonds. The van der Waals surface area contributed by atoms with Gasteiger partial charge in [0.25, 0.3) is 5.91 Å². The minimum absolute atomic E-state index is 0.00606. The molecule has 0 radical (unpaired) electrons. The van der Waals surface area contributed by atoms with E-state index in [4.69, 9.17) is 9.73 Å². The summed E-state index contributed by atoms with van der Waals surface area (Å²) in [6, 6.07) is 11.4. The summed E-state index contributed by atoms with van der Waals surface area (Å²) in [4.78, 5) is 26.3. The van der Waals surface area contributed by atoms with Crippen LogP contribution in [0.5, 0.6) is 5.75 Å². The van der Waals surface area contributed by atoms with Crippen molar-refractivity contribution in [3.63, 3.8) is 0 Å². The van der Waals surface area contributed by atoms with Gasteiger partial charge in [-0.1, -0.05) is 18.2 Å². The molecular weight excluding hydrogens is 489 g/mol. The van der Waals surface area contributed by atoms with Gasteiger partial charge in [-0.3, -0.25) is 9.69 Å². The molecule has 2 aliphatic heterocycles. The minimum atomic E-state index is -1.09. The number of amides is 1. The largest absolute Gasteiger partial charge is 0.495 e. The number of hydrogen-bond donors (Lipinski definition) is 2. The van der Waals surface area contributed by atoms with Crippen LogP contribution in [0.3, 0.4) is 0 Å². The van der Waals surface area contributed by atoms with Crippen molar-refractivity contribution in [1.29, 1.82) is 0 Å². The highest BCUT2D eigenvalue weighted by atomic mass is 19.1. The zero-order chi connectivity index (χ0) is 26.9. The van der Waals surface area contributed by atoms with E-state index in [9.17, 15) is 19.4 Å². The van der Waals surface area contributed by atoms with E-state index in [2.05, 4.69) is 4.98 Å². The fraction of sp³-hybridized carbons (Fsp3) is 0.321. The van der Waals surface area contributed by atoms with Gasteiger partial charge in [-0.2, -0.15) is 0 Å². The Balaban J connectivity index is 1.55. The van der Waals surface area contributed by atoms with Gasteiger partial charge in [0, 0.05) is 25.9 Å². The molecule has 2 aromatic carbocycles. The number of aromatic nitrogens is 2. The third-order valence-corrected chi connectivity index (χ3v) is 7.08. The van der Waals surface area contributed by atoms with Crippen LogP contribution in [0.25, 0.3) is 11.8 Å². The molecule has 1 aromatic heterocycles. The third-order valence-electron chi connectivity index (χ3n) is 7.08. The van der Waals surface area contributed by atoms with Crippen molar-refractivity contribution in [1.82, 2.24) is 19.4 Å². The molecule has 0 spiro atoms. The number of aliphatic hydroxyl groups excluding tert-OH is 2. The van der Waals surface area contributed by atoms with Crippen molar-refractivity contribution in [3.05, 3.63) is 83.3 Å². The molecule has 3 heterocycles. The Labute approximate surface area is 220 Å². The first-order valence-electron chi connectivity index (χ1n) is 12.5. The van der Waals surface area contributed by atoms with E-state index in [1.54, 1.807) is 31.6 Å². The minimum Gasteiger partial charge on any atom is -0.495 e. The van der Waals surface area contributed by atoms with Gasteiger partial charge in [0.05, 0.1) is 31.4 Å². The number of aliphatic imine (C=N–C) groups is 1. The van der Waals surface area contributed by atoms with Crippen LogP contribution < -0.4 is 4.74 Å². The van der Waals surface area contributed by atoms with Gasteiger partial charge >= 0.3 is 0 Å². The fourth-order valence-corrected chi connectivity index (χ4v) is 5.09. The van der Waals surface area contributed by atoms with Crippen molar-refractivity contribution in [3.8, 4) is 11.4 Å². The number of aliphatic hydroxyl groups is 2. The first-order chi connectivity index (χ1) is 18.4. The topological polar surface area (TPSA) is 103 Å². The molecule has 0 bridgehead atoms. The summed E-state index contributed by atoms with van der Waals surface area (Å²) in [5.41, 5.74) is 2.16. The van der Waals surface area contributed by atoms with Gasteiger partial charge < -0.3 is 24.4 Å². The molecule has 1 atom stereocenters. The van der Waals surface area contributed by atoms with Crippen LogP contribution >= 0.6 is 0 Å². The molecule has 1 fully saturated rings. The summed E-state index contributed by atoms with van der Waals surface area (Å²) in [7, 11) is 1.58. The van der Waals surface area contributed by atoms with E-state index in [0.29, 0.717) is 48.8 Å². The highest BCUT2D eigenvalue weighted by molar-refractivity contribution is 6.14. The monoisotopic (exact) mass is 519 g/mol. The van der Waals surface area contributed by atoms with Gasteiger partial charge in [0.15, 0.2) is 0 Å². The van der Waals surface area contributed by atoms with Crippen LogP contribution in [-0.2, 0) is 10.3 Å². The molecular formula is C28H30FN5O4. The number of ether oxygens (including phenoxy) is 1. The zero-order valence-corrected chi connectivity index (χ0v) is 21.3. The second-order valence-electron chi connectivity index (χ2n) is 9.45. The Hall–Kier alpha value is -4.02. The standard InChI is InChI=1S/C28H30FN5O4/c1-19-16-33(18-30-19)24-9-4-20(15-25(24)38-2)14-23-26(37)34-27(31-23)32(11-3-13-35)12-10-28(34,17-36)21-5-7-22(29)8-6-21/h4-9,14-16,18,35-36H,3,10-13,17H2,1-2H3/b23-14-. The van der Waals surface area contributed by atoms with Gasteiger partial charge in [-0.15, -0.1) is 0 Å². The van der Waals surface area contributed by atoms with Crippen molar-refractivity contribution < 1.29 is 24.1 Å². The number of carbonyl (C=O) groups is 1. The fourth-order valence-electron chi connectivity index (χ4n) is 5.09. The van der Waals surface area contributed by atoms with Crippen molar-refractivity contribution in [2.75, 3.05) is 33.4 Å². The van der Waals surface area contributed by atoms with Crippen molar-refractivity contribution in [2.24, 2.45) is 4.99 Å². The lowest BCUT2D eigenvalue weighted by atomic mass is 9.83. The molecule has 9 nitrogen and oxygen atoms in total. The third kappa shape index (κ3) is 4.46. The number of guanidine groups is 1. The highest BCUT2D eigenvalue weighted by Gasteiger charge is 2.51. The van der Waals surface area contributed by atoms with Crippen LogP contribution in [0.15, 0.2) is 65.7 Å². The molecule has 10 heteroatoms. The Morgan fingerprint density at radius 1 is 1.18 bits per heavy atom. The number of benzene rings is 2. The Morgan fingerprint density at radius 3 is 2.63 bits per heavy atom. The SMILES string of the molecule is COc1cc(/C=C2\N=C3N(CCCO)CCC(CO)(c4ccc(F)cc4)N3C2=O)ccc1-n1cnc(C)c1. The Bertz CT molecular complexity index is 1400. The van der Waals surface area contributed by atoms with Gasteiger partial charge in [0.2, 0.25) is 5.96 Å². The lowest BCUT2D eigenvalue weighted by Gasteiger charge is -2.48. The first kappa shape index (κ1) is 25.6. The Morgan fingerprint density at radius 2 is 1.97 bits per heavy atom. The lowest BCUT2D eigenvalue weighted by Crippen LogP contribution is -2.62. The van der Waals surface area contributed by atoms with Crippen LogP contribution in [0.4, 0.5) is 4.39 Å². The average molecular weight is 520 g/mol. The van der Waals surface area contributed by atoms with Gasteiger partial charge in [0.1, 0.15) is 22.8 Å². The molecule has 0 aliphatic carbocycles. The zero-order valence-electron chi connectivity index (χ0n) is 21.3. The van der Waals surface area contributed by atoms with E-state index < -0.39 is 11.4 Å². The number of fused-ring (bicyclic) bond motifs is 1. The number of aryl methyl sites for hydroxylation is 1. The first-order valence-corrected chi connectivity index (χ1v) is 12.5. The number of imidazole rings is 1. The van der Waals surface area contributed by atoms with Crippen molar-refractivity contribution >= 4 is 17.9 Å². The predicted octanol–water partition coefficient (Wildman–Crippen LogP) is 2.84. The van der Waals surface area contributed by atoms with Gasteiger partial charge in [-0.25, -0.2) is 14.4 Å². The van der Waals surface area contributed by atoms with Crippen molar-refractivity contribution in [2.45, 2.75) is 25.3 Å². The lowest BCUT2D eigenvalue weighted by molar-refractivity contribution is -0.131. The quantitative estimate of drug-likeness (QED) is 0.444. The van der Waals surface area contributed by atoms with E-state index >= 15 is 0 Å². The molecule has 2 N–H and O–H groups in total. The molecule has 2 aliphatic rings. The number of rotatable bonds is 8. The highest BCUT2D eigenvalue weighted by Crippen LogP contribution is 2.41. The number of methoxy groups -OCH3 is 1. The summed E-state index contributed by atoms with van der Waals surface area (Å²) < 4.78 is 21.2. The second-order valence-corrected chi connectivity index (χ2v) is 9.45.